The Labute approximate surface area is 183 Å². The van der Waals surface area contributed by atoms with E-state index in [1.54, 1.807) is 11.0 Å². The Morgan fingerprint density at radius 1 is 1.09 bits per heavy atom. The van der Waals surface area contributed by atoms with Crippen molar-refractivity contribution in [3.05, 3.63) is 53.2 Å². The number of aryl methyl sites for hydroxylation is 1. The number of carboxylic acid groups (broad SMARTS) is 1. The Hall–Kier alpha value is -2.66. The lowest BCUT2D eigenvalue weighted by Gasteiger charge is -2.35. The normalized spacial score (nSPS) is 20.1. The molecule has 0 amide bonds. The van der Waals surface area contributed by atoms with Gasteiger partial charge in [0.15, 0.2) is 0 Å². The van der Waals surface area contributed by atoms with Gasteiger partial charge in [0.1, 0.15) is 5.82 Å². The van der Waals surface area contributed by atoms with E-state index in [-0.39, 0.29) is 31.1 Å². The van der Waals surface area contributed by atoms with Crippen LogP contribution in [0.15, 0.2) is 41.4 Å². The molecule has 0 bridgehead atoms. The average Bonchev–Trinajstić information content (AvgIpc) is 2.77. The van der Waals surface area contributed by atoms with Gasteiger partial charge in [0.25, 0.3) is 0 Å². The number of benzene rings is 1. The molecule has 1 saturated heterocycles. The average molecular weight is 469 g/mol. The molecule has 172 valence electrons. The summed E-state index contributed by atoms with van der Waals surface area (Å²) in [5, 5.41) is 9.49. The van der Waals surface area contributed by atoms with Gasteiger partial charge >= 0.3 is 12.1 Å². The lowest BCUT2D eigenvalue weighted by molar-refractivity contribution is -0.139. The molecule has 1 aliphatic carbocycles. The molecule has 1 aromatic heterocycles. The molecule has 0 spiro atoms. The molecule has 1 aliphatic heterocycles. The Kier molecular flexibility index (Phi) is 5.89. The second-order valence-corrected chi connectivity index (χ2v) is 9.88. The third-order valence-electron chi connectivity index (χ3n) is 6.01. The number of fused-ring (bicyclic) bond motifs is 1. The molecule has 1 aromatic carbocycles. The van der Waals surface area contributed by atoms with E-state index in [0.717, 1.165) is 30.7 Å². The zero-order valence-corrected chi connectivity index (χ0v) is 17.9. The van der Waals surface area contributed by atoms with Gasteiger partial charge in [-0.25, -0.2) is 13.4 Å². The molecule has 11 heteroatoms. The van der Waals surface area contributed by atoms with Crippen LogP contribution in [0.2, 0.25) is 0 Å². The molecule has 32 heavy (non-hydrogen) atoms. The van der Waals surface area contributed by atoms with Crippen LogP contribution in [0.4, 0.5) is 19.0 Å². The summed E-state index contributed by atoms with van der Waals surface area (Å²) in [7, 11) is -3.83. The molecule has 0 saturated carbocycles. The van der Waals surface area contributed by atoms with Gasteiger partial charge in [-0.2, -0.15) is 17.5 Å². The Morgan fingerprint density at radius 2 is 1.81 bits per heavy atom. The van der Waals surface area contributed by atoms with E-state index in [2.05, 4.69) is 4.98 Å². The standard InChI is InChI=1S/C21H22F3N3O4S/c22-21(23,24)15-5-7-19(25-13-15)26-8-10-27(11-9-26)32(30,31)16-6-4-14-2-1-3-17(20(28)29)18(14)12-16/h4-7,12-13,17H,1-3,8-11H2,(H,28,29). The van der Waals surface area contributed by atoms with Gasteiger partial charge in [-0.15, -0.1) is 0 Å². The second kappa shape index (κ2) is 8.36. The third kappa shape index (κ3) is 4.31. The van der Waals surface area contributed by atoms with Crippen molar-refractivity contribution in [2.45, 2.75) is 36.3 Å². The number of hydrogen-bond acceptors (Lipinski definition) is 5. The number of halogens is 3. The number of anilines is 1. The predicted molar refractivity (Wildman–Crippen MR) is 110 cm³/mol. The number of aliphatic carboxylic acids is 1. The van der Waals surface area contributed by atoms with E-state index in [1.807, 2.05) is 0 Å². The largest absolute Gasteiger partial charge is 0.481 e. The number of rotatable bonds is 4. The van der Waals surface area contributed by atoms with Crippen LogP contribution in [0.5, 0.6) is 0 Å². The van der Waals surface area contributed by atoms with Gasteiger partial charge in [-0.05, 0) is 54.7 Å². The van der Waals surface area contributed by atoms with Crippen molar-refractivity contribution < 1.29 is 31.5 Å². The van der Waals surface area contributed by atoms with Crippen molar-refractivity contribution >= 4 is 21.8 Å². The summed E-state index contributed by atoms with van der Waals surface area (Å²) >= 11 is 0. The molecule has 0 radical (unpaired) electrons. The van der Waals surface area contributed by atoms with E-state index in [0.29, 0.717) is 17.8 Å². The van der Waals surface area contributed by atoms with Crippen molar-refractivity contribution in [2.24, 2.45) is 0 Å². The molecule has 1 fully saturated rings. The minimum Gasteiger partial charge on any atom is -0.481 e. The minimum atomic E-state index is -4.47. The van der Waals surface area contributed by atoms with Crippen LogP contribution in [-0.2, 0) is 27.4 Å². The fraction of sp³-hybridized carbons (Fsp3) is 0.429. The van der Waals surface area contributed by atoms with Gasteiger partial charge in [0, 0.05) is 32.4 Å². The summed E-state index contributed by atoms with van der Waals surface area (Å²) in [5.41, 5.74) is 0.577. The SMILES string of the molecule is O=C(O)C1CCCc2ccc(S(=O)(=O)N3CCN(c4ccc(C(F)(F)F)cn4)CC3)cc21. The summed E-state index contributed by atoms with van der Waals surface area (Å²) in [6.07, 6.45) is -1.75. The molecular formula is C21H22F3N3O4S. The molecular weight excluding hydrogens is 447 g/mol. The summed E-state index contributed by atoms with van der Waals surface area (Å²) in [6, 6.07) is 6.92. The third-order valence-corrected chi connectivity index (χ3v) is 7.90. The number of pyridine rings is 1. The molecule has 2 aromatic rings. The number of carbonyl (C=O) groups is 1. The molecule has 1 atom stereocenters. The topological polar surface area (TPSA) is 90.8 Å². The zero-order valence-electron chi connectivity index (χ0n) is 17.0. The van der Waals surface area contributed by atoms with Crippen molar-refractivity contribution in [3.63, 3.8) is 0 Å². The Bertz CT molecular complexity index is 1110. The monoisotopic (exact) mass is 469 g/mol. The summed E-state index contributed by atoms with van der Waals surface area (Å²) in [4.78, 5) is 17.3. The molecule has 2 heterocycles. The second-order valence-electron chi connectivity index (χ2n) is 7.94. The van der Waals surface area contributed by atoms with Gasteiger partial charge in [0.05, 0.1) is 16.4 Å². The maximum atomic E-state index is 13.2. The van der Waals surface area contributed by atoms with Crippen molar-refractivity contribution in [1.29, 1.82) is 0 Å². The highest BCUT2D eigenvalue weighted by molar-refractivity contribution is 7.89. The Morgan fingerprint density at radius 3 is 2.41 bits per heavy atom. The fourth-order valence-corrected chi connectivity index (χ4v) is 5.70. The van der Waals surface area contributed by atoms with E-state index < -0.39 is 33.7 Å². The van der Waals surface area contributed by atoms with Crippen molar-refractivity contribution in [3.8, 4) is 0 Å². The molecule has 2 aliphatic rings. The highest BCUT2D eigenvalue weighted by Gasteiger charge is 2.33. The first kappa shape index (κ1) is 22.5. The van der Waals surface area contributed by atoms with Crippen LogP contribution in [-0.4, -0.2) is 55.0 Å². The van der Waals surface area contributed by atoms with E-state index in [4.69, 9.17) is 0 Å². The van der Waals surface area contributed by atoms with E-state index in [1.165, 1.54) is 22.5 Å². The van der Waals surface area contributed by atoms with Crippen LogP contribution >= 0.6 is 0 Å². The highest BCUT2D eigenvalue weighted by atomic mass is 32.2. The number of aromatic nitrogens is 1. The first-order valence-electron chi connectivity index (χ1n) is 10.2. The fourth-order valence-electron chi connectivity index (χ4n) is 4.24. The zero-order chi connectivity index (χ0) is 23.1. The number of alkyl halides is 3. The van der Waals surface area contributed by atoms with Gasteiger partial charge in [-0.1, -0.05) is 6.07 Å². The van der Waals surface area contributed by atoms with Crippen LogP contribution in [0.1, 0.15) is 35.4 Å². The van der Waals surface area contributed by atoms with E-state index in [9.17, 15) is 31.5 Å². The maximum Gasteiger partial charge on any atom is 0.417 e. The smallest absolute Gasteiger partial charge is 0.417 e. The first-order chi connectivity index (χ1) is 15.1. The maximum absolute atomic E-state index is 13.2. The number of hydrogen-bond donors (Lipinski definition) is 1. The summed E-state index contributed by atoms with van der Waals surface area (Å²) in [5.74, 6) is -1.32. The Balaban J connectivity index is 1.49. The van der Waals surface area contributed by atoms with Gasteiger partial charge in [0.2, 0.25) is 10.0 Å². The number of piperazine rings is 1. The minimum absolute atomic E-state index is 0.0607. The molecule has 1 unspecified atom stereocenters. The molecule has 7 nitrogen and oxygen atoms in total. The van der Waals surface area contributed by atoms with Crippen molar-refractivity contribution in [1.82, 2.24) is 9.29 Å². The summed E-state index contributed by atoms with van der Waals surface area (Å²) < 4.78 is 65.8. The van der Waals surface area contributed by atoms with Crippen LogP contribution in [0, 0.1) is 0 Å². The lowest BCUT2D eigenvalue weighted by Crippen LogP contribution is -2.49. The van der Waals surface area contributed by atoms with Crippen LogP contribution < -0.4 is 4.90 Å². The molecule has 1 N–H and O–H groups in total. The quantitative estimate of drug-likeness (QED) is 0.740. The number of carboxylic acids is 1. The summed E-state index contributed by atoms with van der Waals surface area (Å²) in [6.45, 7) is 0.843. The highest BCUT2D eigenvalue weighted by Crippen LogP contribution is 2.34. The van der Waals surface area contributed by atoms with Crippen LogP contribution in [0.25, 0.3) is 0 Å². The number of nitrogens with zero attached hydrogens (tertiary/aromatic N) is 3. The van der Waals surface area contributed by atoms with Crippen molar-refractivity contribution in [2.75, 3.05) is 31.1 Å². The molecule has 4 rings (SSSR count). The first-order valence-corrected chi connectivity index (χ1v) is 11.7. The number of sulfonamides is 1. The van der Waals surface area contributed by atoms with Gasteiger partial charge < -0.3 is 10.0 Å². The predicted octanol–water partition coefficient (Wildman–Crippen LogP) is 3.12. The van der Waals surface area contributed by atoms with Crippen LogP contribution in [0.3, 0.4) is 0 Å². The van der Waals surface area contributed by atoms with E-state index >= 15 is 0 Å². The lowest BCUT2D eigenvalue weighted by atomic mass is 9.83. The van der Waals surface area contributed by atoms with Gasteiger partial charge in [-0.3, -0.25) is 4.79 Å².